The number of ether oxygens (including phenoxy) is 2. The molecule has 0 spiro atoms. The van der Waals surface area contributed by atoms with Crippen LogP contribution in [0.5, 0.6) is 11.5 Å². The van der Waals surface area contributed by atoms with Crippen molar-refractivity contribution in [2.24, 2.45) is 0 Å². The van der Waals surface area contributed by atoms with Gasteiger partial charge in [-0.05, 0) is 29.6 Å². The van der Waals surface area contributed by atoms with Crippen molar-refractivity contribution in [3.8, 4) is 11.5 Å². The van der Waals surface area contributed by atoms with Gasteiger partial charge in [-0.3, -0.25) is 4.90 Å². The number of urea groups is 1. The van der Waals surface area contributed by atoms with Crippen LogP contribution in [0.1, 0.15) is 5.56 Å². The third-order valence-electron chi connectivity index (χ3n) is 4.18. The second-order valence-electron chi connectivity index (χ2n) is 6.08. The Bertz CT molecular complexity index is 1060. The van der Waals surface area contributed by atoms with E-state index in [4.69, 9.17) is 32.7 Å². The van der Waals surface area contributed by atoms with Crippen LogP contribution in [-0.2, 0) is 6.18 Å². The van der Waals surface area contributed by atoms with Gasteiger partial charge in [0, 0.05) is 17.1 Å². The monoisotopic (exact) mass is 490 g/mol. The molecule has 0 saturated heterocycles. The zero-order valence-electron chi connectivity index (χ0n) is 16.1. The molecule has 2 amide bonds. The van der Waals surface area contributed by atoms with Crippen LogP contribution in [0.3, 0.4) is 0 Å². The molecule has 0 fully saturated rings. The van der Waals surface area contributed by atoms with E-state index in [9.17, 15) is 18.0 Å². The number of nitrogens with one attached hydrogen (secondary N) is 1. The molecule has 3 rings (SSSR count). The maximum atomic E-state index is 13.2. The van der Waals surface area contributed by atoms with E-state index in [2.05, 4.69) is 5.32 Å². The second kappa shape index (κ2) is 9.25. The summed E-state index contributed by atoms with van der Waals surface area (Å²) in [4.78, 5) is 14.4. The Hall–Kier alpha value is -2.62. The summed E-state index contributed by atoms with van der Waals surface area (Å²) in [5.41, 5.74) is -0.496. The average molecular weight is 491 g/mol. The lowest BCUT2D eigenvalue weighted by Gasteiger charge is -2.26. The quantitative estimate of drug-likeness (QED) is 0.403. The summed E-state index contributed by atoms with van der Waals surface area (Å²) >= 11 is 14.2. The van der Waals surface area contributed by atoms with Gasteiger partial charge in [0.2, 0.25) is 0 Å². The van der Waals surface area contributed by atoms with Crippen molar-refractivity contribution in [1.29, 1.82) is 0 Å². The van der Waals surface area contributed by atoms with Crippen LogP contribution < -0.4 is 19.7 Å². The van der Waals surface area contributed by atoms with Crippen molar-refractivity contribution in [1.82, 2.24) is 0 Å². The Labute approximate surface area is 189 Å². The molecule has 0 atom stereocenters. The molecule has 1 aromatic heterocycles. The fourth-order valence-corrected chi connectivity index (χ4v) is 4.04. The van der Waals surface area contributed by atoms with Gasteiger partial charge in [-0.1, -0.05) is 29.3 Å². The molecule has 0 bridgehead atoms. The lowest BCUT2D eigenvalue weighted by atomic mass is 10.2. The first-order valence-electron chi connectivity index (χ1n) is 8.58. The molecule has 2 aromatic carbocycles. The molecule has 0 aliphatic rings. The maximum Gasteiger partial charge on any atom is 0.416 e. The maximum absolute atomic E-state index is 13.2. The first-order chi connectivity index (χ1) is 14.7. The van der Waals surface area contributed by atoms with E-state index < -0.39 is 17.8 Å². The van der Waals surface area contributed by atoms with Crippen molar-refractivity contribution in [2.75, 3.05) is 24.4 Å². The van der Waals surface area contributed by atoms with Gasteiger partial charge in [0.25, 0.3) is 0 Å². The lowest BCUT2D eigenvalue weighted by molar-refractivity contribution is -0.137. The molecule has 3 aromatic rings. The largest absolute Gasteiger partial charge is 0.495 e. The smallest absolute Gasteiger partial charge is 0.416 e. The minimum absolute atomic E-state index is 0.0266. The summed E-state index contributed by atoms with van der Waals surface area (Å²) in [5.74, 6) is 0.398. The molecular weight excluding hydrogens is 476 g/mol. The SMILES string of the molecule is COc1cc(OC)c(Cl)c(N(C(=O)Nc2cccc(C(F)(F)F)c2)c2ccsc2)c1Cl. The highest BCUT2D eigenvalue weighted by Crippen LogP contribution is 2.48. The van der Waals surface area contributed by atoms with Crippen molar-refractivity contribution < 1.29 is 27.4 Å². The molecule has 0 radical (unpaired) electrons. The summed E-state index contributed by atoms with van der Waals surface area (Å²) in [6.07, 6.45) is -4.55. The van der Waals surface area contributed by atoms with Gasteiger partial charge in [0.1, 0.15) is 21.5 Å². The van der Waals surface area contributed by atoms with Crippen LogP contribution >= 0.6 is 34.5 Å². The highest BCUT2D eigenvalue weighted by atomic mass is 35.5. The average Bonchev–Trinajstić information content (AvgIpc) is 3.25. The number of rotatable bonds is 5. The Morgan fingerprint density at radius 1 is 1.06 bits per heavy atom. The van der Waals surface area contributed by atoms with Crippen molar-refractivity contribution >= 4 is 57.6 Å². The number of alkyl halides is 3. The van der Waals surface area contributed by atoms with Crippen LogP contribution in [-0.4, -0.2) is 20.3 Å². The van der Waals surface area contributed by atoms with Gasteiger partial charge >= 0.3 is 12.2 Å². The Morgan fingerprint density at radius 2 is 1.71 bits per heavy atom. The molecule has 11 heteroatoms. The molecule has 31 heavy (non-hydrogen) atoms. The van der Waals surface area contributed by atoms with Crippen LogP contribution in [0.25, 0.3) is 0 Å². The normalized spacial score (nSPS) is 11.2. The minimum atomic E-state index is -4.55. The fraction of sp³-hybridized carbons (Fsp3) is 0.150. The van der Waals surface area contributed by atoms with Crippen molar-refractivity contribution in [3.05, 3.63) is 62.8 Å². The summed E-state index contributed by atoms with van der Waals surface area (Å²) in [7, 11) is 2.77. The van der Waals surface area contributed by atoms with E-state index in [-0.39, 0.29) is 32.9 Å². The van der Waals surface area contributed by atoms with Gasteiger partial charge in [0.05, 0.1) is 31.2 Å². The van der Waals surface area contributed by atoms with E-state index >= 15 is 0 Å². The van der Waals surface area contributed by atoms with Crippen molar-refractivity contribution in [2.45, 2.75) is 6.18 Å². The first kappa shape index (κ1) is 23.1. The summed E-state index contributed by atoms with van der Waals surface area (Å²) < 4.78 is 49.6. The molecular formula is C20H15Cl2F3N2O3S. The zero-order chi connectivity index (χ0) is 22.8. The van der Waals surface area contributed by atoms with Gasteiger partial charge in [-0.2, -0.15) is 24.5 Å². The molecule has 5 nitrogen and oxygen atoms in total. The molecule has 0 aliphatic carbocycles. The topological polar surface area (TPSA) is 50.8 Å². The van der Waals surface area contributed by atoms with Crippen LogP contribution in [0, 0.1) is 0 Å². The summed E-state index contributed by atoms with van der Waals surface area (Å²) in [6, 6.07) is 6.60. The number of anilines is 3. The number of carbonyl (C=O) groups excluding carboxylic acids is 1. The van der Waals surface area contributed by atoms with Gasteiger partial charge in [-0.15, -0.1) is 0 Å². The van der Waals surface area contributed by atoms with Crippen LogP contribution in [0.15, 0.2) is 47.2 Å². The highest BCUT2D eigenvalue weighted by molar-refractivity contribution is 7.08. The number of hydrogen-bond acceptors (Lipinski definition) is 4. The number of carbonyl (C=O) groups is 1. The van der Waals surface area contributed by atoms with E-state index in [0.717, 1.165) is 17.0 Å². The first-order valence-corrected chi connectivity index (χ1v) is 10.3. The van der Waals surface area contributed by atoms with Crippen LogP contribution in [0.2, 0.25) is 10.0 Å². The molecule has 0 unspecified atom stereocenters. The number of amides is 2. The van der Waals surface area contributed by atoms with E-state index in [0.29, 0.717) is 5.69 Å². The van der Waals surface area contributed by atoms with Gasteiger partial charge < -0.3 is 14.8 Å². The van der Waals surface area contributed by atoms with Crippen LogP contribution in [0.4, 0.5) is 35.0 Å². The van der Waals surface area contributed by atoms with Crippen molar-refractivity contribution in [3.63, 3.8) is 0 Å². The standard InChI is InChI=1S/C20H15Cl2F3N2O3S/c1-29-14-9-15(30-2)17(22)18(16(14)21)27(13-6-7-31-10-13)19(28)26-12-5-3-4-11(8-12)20(23,24)25/h3-10H,1-2H3,(H,26,28). The molecule has 1 N–H and O–H groups in total. The molecule has 164 valence electrons. The minimum Gasteiger partial charge on any atom is -0.495 e. The number of methoxy groups -OCH3 is 2. The second-order valence-corrected chi connectivity index (χ2v) is 7.62. The Balaban J connectivity index is 2.10. The molecule has 0 aliphatic heterocycles. The summed E-state index contributed by atoms with van der Waals surface area (Å²) in [6.45, 7) is 0. The molecule has 0 saturated carbocycles. The number of nitrogens with zero attached hydrogens (tertiary/aromatic N) is 1. The third-order valence-corrected chi connectivity index (χ3v) is 5.58. The number of halogens is 5. The van der Waals surface area contributed by atoms with Gasteiger partial charge in [-0.25, -0.2) is 4.79 Å². The predicted molar refractivity (Wildman–Crippen MR) is 116 cm³/mol. The Kier molecular flexibility index (Phi) is 6.88. The van der Waals surface area contributed by atoms with E-state index in [1.165, 1.54) is 43.8 Å². The van der Waals surface area contributed by atoms with E-state index in [1.807, 2.05) is 0 Å². The summed E-state index contributed by atoms with van der Waals surface area (Å²) in [5, 5.41) is 5.89. The third kappa shape index (κ3) is 4.84. The number of benzene rings is 2. The highest BCUT2D eigenvalue weighted by Gasteiger charge is 2.31. The fourth-order valence-electron chi connectivity index (χ4n) is 2.75. The number of hydrogen-bond donors (Lipinski definition) is 1. The van der Waals surface area contributed by atoms with E-state index in [1.54, 1.807) is 16.8 Å². The number of thiophene rings is 1. The predicted octanol–water partition coefficient (Wildman–Crippen LogP) is 7.46. The Morgan fingerprint density at radius 3 is 2.23 bits per heavy atom. The lowest BCUT2D eigenvalue weighted by Crippen LogP contribution is -2.31. The molecule has 1 heterocycles. The zero-order valence-corrected chi connectivity index (χ0v) is 18.4. The van der Waals surface area contributed by atoms with Gasteiger partial charge in [0.15, 0.2) is 0 Å².